The van der Waals surface area contributed by atoms with Gasteiger partial charge in [0.2, 0.25) is 5.91 Å². The van der Waals surface area contributed by atoms with Gasteiger partial charge in [-0.1, -0.05) is 17.4 Å². The highest BCUT2D eigenvalue weighted by atomic mass is 32.1. The average Bonchev–Trinajstić information content (AvgIpc) is 3.63. The zero-order valence-corrected chi connectivity index (χ0v) is 22.6. The Morgan fingerprint density at radius 1 is 1.26 bits per heavy atom. The second kappa shape index (κ2) is 11.2. The topological polar surface area (TPSA) is 122 Å². The fourth-order valence-electron chi connectivity index (χ4n) is 4.49. The number of carbonyl (C=O) groups is 2. The van der Waals surface area contributed by atoms with Crippen LogP contribution in [0.5, 0.6) is 5.75 Å². The van der Waals surface area contributed by atoms with Crippen molar-refractivity contribution in [3.8, 4) is 5.75 Å². The number of amides is 2. The summed E-state index contributed by atoms with van der Waals surface area (Å²) in [5, 5.41) is 20.5. The number of phenolic OH excluding ortho intramolecular Hbond substituents is 1. The number of alkyl halides is 3. The number of nitrogens with one attached hydrogen (secondary N) is 2. The number of nitrogens with zero attached hydrogens (tertiary/aromatic N) is 4. The molecule has 1 saturated heterocycles. The molecule has 210 valence electrons. The SMILES string of the molecule is COCC(C(=O)N1CCC[C@H]1C(F)(F)F)n1cc(C)c(Nc2ncc(C(=O)Nc3c(C)ccc(O)c3C)s2)n1. The molecule has 39 heavy (non-hydrogen) atoms. The number of thiazole rings is 1. The van der Waals surface area contributed by atoms with Crippen molar-refractivity contribution in [1.29, 1.82) is 0 Å². The summed E-state index contributed by atoms with van der Waals surface area (Å²) in [5.41, 5.74) is 2.46. The molecule has 3 aromatic rings. The molecule has 4 rings (SSSR count). The lowest BCUT2D eigenvalue weighted by Gasteiger charge is -2.30. The van der Waals surface area contributed by atoms with E-state index >= 15 is 0 Å². The Hall–Kier alpha value is -3.65. The van der Waals surface area contributed by atoms with Gasteiger partial charge in [-0.2, -0.15) is 18.3 Å². The van der Waals surface area contributed by atoms with Crippen LogP contribution in [0.25, 0.3) is 0 Å². The normalized spacial score (nSPS) is 16.4. The minimum Gasteiger partial charge on any atom is -0.508 e. The van der Waals surface area contributed by atoms with Gasteiger partial charge in [0.05, 0.1) is 18.5 Å². The maximum Gasteiger partial charge on any atom is 0.408 e. The van der Waals surface area contributed by atoms with Gasteiger partial charge >= 0.3 is 6.18 Å². The summed E-state index contributed by atoms with van der Waals surface area (Å²) in [4.78, 5) is 31.4. The van der Waals surface area contributed by atoms with Crippen LogP contribution in [-0.2, 0) is 9.53 Å². The van der Waals surface area contributed by atoms with E-state index in [2.05, 4.69) is 20.7 Å². The minimum atomic E-state index is -4.51. The van der Waals surface area contributed by atoms with Crippen molar-refractivity contribution in [3.05, 3.63) is 46.1 Å². The van der Waals surface area contributed by atoms with Crippen molar-refractivity contribution in [3.63, 3.8) is 0 Å². The van der Waals surface area contributed by atoms with Crippen LogP contribution in [0, 0.1) is 20.8 Å². The number of benzene rings is 1. The molecule has 2 aromatic heterocycles. The fraction of sp³-hybridized carbons (Fsp3) is 0.440. The number of likely N-dealkylation sites (tertiary alicyclic amines) is 1. The molecule has 0 aliphatic carbocycles. The van der Waals surface area contributed by atoms with E-state index in [4.69, 9.17) is 4.74 Å². The molecule has 1 fully saturated rings. The van der Waals surface area contributed by atoms with Gasteiger partial charge in [-0.25, -0.2) is 4.98 Å². The molecule has 3 N–H and O–H groups in total. The van der Waals surface area contributed by atoms with Crippen molar-refractivity contribution in [2.75, 3.05) is 30.9 Å². The molecule has 0 radical (unpaired) electrons. The predicted molar refractivity (Wildman–Crippen MR) is 140 cm³/mol. The molecule has 0 saturated carbocycles. The third-order valence-electron chi connectivity index (χ3n) is 6.60. The van der Waals surface area contributed by atoms with Crippen LogP contribution in [0.1, 0.15) is 45.2 Å². The van der Waals surface area contributed by atoms with Crippen LogP contribution in [0.3, 0.4) is 0 Å². The van der Waals surface area contributed by atoms with Crippen LogP contribution in [0.4, 0.5) is 29.8 Å². The molecule has 0 bridgehead atoms. The molecule has 1 aromatic carbocycles. The van der Waals surface area contributed by atoms with E-state index in [-0.39, 0.29) is 31.7 Å². The molecule has 2 atom stereocenters. The molecule has 1 aliphatic heterocycles. The number of aromatic hydroxyl groups is 1. The summed E-state index contributed by atoms with van der Waals surface area (Å²) < 4.78 is 46.9. The van der Waals surface area contributed by atoms with E-state index in [1.54, 1.807) is 32.2 Å². The Morgan fingerprint density at radius 2 is 2.00 bits per heavy atom. The first-order valence-electron chi connectivity index (χ1n) is 12.2. The van der Waals surface area contributed by atoms with Crippen molar-refractivity contribution < 1.29 is 32.6 Å². The number of anilines is 3. The molecular formula is C25H29F3N6O4S. The zero-order chi connectivity index (χ0) is 28.5. The quantitative estimate of drug-likeness (QED) is 0.361. The molecule has 14 heteroatoms. The maximum absolute atomic E-state index is 13.5. The highest BCUT2D eigenvalue weighted by Crippen LogP contribution is 2.35. The van der Waals surface area contributed by atoms with Crippen LogP contribution in [-0.4, -0.2) is 69.1 Å². The fourth-order valence-corrected chi connectivity index (χ4v) is 5.20. The summed E-state index contributed by atoms with van der Waals surface area (Å²) in [6.45, 7) is 5.10. The monoisotopic (exact) mass is 566 g/mol. The smallest absolute Gasteiger partial charge is 0.408 e. The Morgan fingerprint density at radius 3 is 2.69 bits per heavy atom. The number of ether oxygens (including phenoxy) is 1. The Labute approximate surface area is 226 Å². The summed E-state index contributed by atoms with van der Waals surface area (Å²) in [6.07, 6.45) is -1.43. The van der Waals surface area contributed by atoms with E-state index in [1.165, 1.54) is 18.0 Å². The van der Waals surface area contributed by atoms with Crippen LogP contribution in [0.2, 0.25) is 0 Å². The summed E-state index contributed by atoms with van der Waals surface area (Å²) in [7, 11) is 1.36. The standard InChI is InChI=1S/C25H29F3N6O4S/c1-13-7-8-17(35)15(3)20(13)30-22(36)18-10-29-24(39-18)31-21-14(2)11-34(32-21)16(12-38-4)23(37)33-9-5-6-19(33)25(26,27)28/h7-8,10-11,16,19,35H,5-6,9,12H2,1-4H3,(H,30,36)(H,29,31,32)/t16?,19-/m0/s1. The van der Waals surface area contributed by atoms with Gasteiger partial charge in [-0.15, -0.1) is 0 Å². The van der Waals surface area contributed by atoms with Crippen LogP contribution in [0.15, 0.2) is 24.5 Å². The number of halogens is 3. The van der Waals surface area contributed by atoms with Crippen molar-refractivity contribution >= 4 is 39.8 Å². The third kappa shape index (κ3) is 6.01. The van der Waals surface area contributed by atoms with Crippen LogP contribution < -0.4 is 10.6 Å². The second-order valence-electron chi connectivity index (χ2n) is 9.35. The minimum absolute atomic E-state index is 0.0141. The van der Waals surface area contributed by atoms with E-state index in [1.807, 2.05) is 6.92 Å². The average molecular weight is 567 g/mol. The largest absolute Gasteiger partial charge is 0.508 e. The van der Waals surface area contributed by atoms with Crippen molar-refractivity contribution in [1.82, 2.24) is 19.7 Å². The summed E-state index contributed by atoms with van der Waals surface area (Å²) >= 11 is 1.07. The zero-order valence-electron chi connectivity index (χ0n) is 21.8. The van der Waals surface area contributed by atoms with Gasteiger partial charge in [-0.3, -0.25) is 14.3 Å². The number of methoxy groups -OCH3 is 1. The van der Waals surface area contributed by atoms with Crippen molar-refractivity contribution in [2.24, 2.45) is 0 Å². The number of phenols is 1. The predicted octanol–water partition coefficient (Wildman–Crippen LogP) is 4.71. The van der Waals surface area contributed by atoms with Gasteiger partial charge < -0.3 is 25.4 Å². The van der Waals surface area contributed by atoms with E-state index in [9.17, 15) is 27.9 Å². The molecule has 2 amide bonds. The van der Waals surface area contributed by atoms with Gasteiger partial charge in [0.25, 0.3) is 5.91 Å². The third-order valence-corrected chi connectivity index (χ3v) is 7.51. The molecule has 10 nitrogen and oxygen atoms in total. The molecule has 0 spiro atoms. The molecule has 1 aliphatic rings. The molecule has 1 unspecified atom stereocenters. The Bertz CT molecular complexity index is 1370. The maximum atomic E-state index is 13.5. The summed E-state index contributed by atoms with van der Waals surface area (Å²) in [5.74, 6) is -0.720. The molecular weight excluding hydrogens is 537 g/mol. The first-order valence-corrected chi connectivity index (χ1v) is 13.0. The lowest BCUT2D eigenvalue weighted by Crippen LogP contribution is -2.48. The number of hydrogen-bond donors (Lipinski definition) is 3. The van der Waals surface area contributed by atoms with Crippen LogP contribution >= 0.6 is 11.3 Å². The number of aromatic nitrogens is 3. The number of rotatable bonds is 8. The van der Waals surface area contributed by atoms with Gasteiger partial charge in [0, 0.05) is 31.0 Å². The van der Waals surface area contributed by atoms with E-state index in [0.717, 1.165) is 21.8 Å². The number of aryl methyl sites for hydroxylation is 2. The van der Waals surface area contributed by atoms with E-state index in [0.29, 0.717) is 32.6 Å². The van der Waals surface area contributed by atoms with Gasteiger partial charge in [0.15, 0.2) is 17.0 Å². The first-order chi connectivity index (χ1) is 18.4. The number of carbonyl (C=O) groups excluding carboxylic acids is 2. The highest BCUT2D eigenvalue weighted by molar-refractivity contribution is 7.17. The van der Waals surface area contributed by atoms with Crippen molar-refractivity contribution in [2.45, 2.75) is 51.9 Å². The first kappa shape index (κ1) is 28.4. The Balaban J connectivity index is 1.50. The Kier molecular flexibility index (Phi) is 8.16. The second-order valence-corrected chi connectivity index (χ2v) is 10.4. The highest BCUT2D eigenvalue weighted by Gasteiger charge is 2.49. The van der Waals surface area contributed by atoms with E-state index < -0.39 is 30.1 Å². The lowest BCUT2D eigenvalue weighted by atomic mass is 10.1. The van der Waals surface area contributed by atoms with Gasteiger partial charge in [0.1, 0.15) is 16.7 Å². The summed E-state index contributed by atoms with van der Waals surface area (Å²) in [6, 6.07) is 0.344. The molecule has 3 heterocycles. The van der Waals surface area contributed by atoms with Gasteiger partial charge in [-0.05, 0) is 45.2 Å². The lowest BCUT2D eigenvalue weighted by molar-refractivity contribution is -0.184. The number of hydrogen-bond acceptors (Lipinski definition) is 8.